The fraction of sp³-hybridized carbons (Fsp3) is 0.294. The summed E-state index contributed by atoms with van der Waals surface area (Å²) in [7, 11) is 0. The summed E-state index contributed by atoms with van der Waals surface area (Å²) in [6.07, 6.45) is 0.343. The van der Waals surface area contributed by atoms with E-state index in [0.29, 0.717) is 12.0 Å². The van der Waals surface area contributed by atoms with Crippen LogP contribution < -0.4 is 5.32 Å². The van der Waals surface area contributed by atoms with Gasteiger partial charge in [0, 0.05) is 17.9 Å². The molecule has 106 valence electrons. The maximum Gasteiger partial charge on any atom is 0.246 e. The van der Waals surface area contributed by atoms with E-state index in [0.717, 1.165) is 11.1 Å². The monoisotopic (exact) mass is 271 g/mol. The van der Waals surface area contributed by atoms with Gasteiger partial charge in [-0.2, -0.15) is 0 Å². The predicted molar refractivity (Wildman–Crippen MR) is 81.4 cm³/mol. The van der Waals surface area contributed by atoms with Gasteiger partial charge in [-0.1, -0.05) is 49.1 Å². The molecule has 0 aliphatic heterocycles. The fourth-order valence-corrected chi connectivity index (χ4v) is 1.89. The molecule has 0 aromatic heterocycles. The minimum absolute atomic E-state index is 0.00886. The average Bonchev–Trinajstić information content (AvgIpc) is 2.42. The third-order valence-electron chi connectivity index (χ3n) is 3.06. The van der Waals surface area contributed by atoms with Crippen molar-refractivity contribution in [3.8, 4) is 0 Å². The number of allylic oxidation sites excluding steroid dienone is 1. The molecule has 0 radical (unpaired) electrons. The van der Waals surface area contributed by atoms with E-state index in [4.69, 9.17) is 0 Å². The Morgan fingerprint density at radius 1 is 1.15 bits per heavy atom. The van der Waals surface area contributed by atoms with Gasteiger partial charge in [-0.3, -0.25) is 9.59 Å². The van der Waals surface area contributed by atoms with Crippen LogP contribution in [0.3, 0.4) is 0 Å². The maximum atomic E-state index is 12.0. The van der Waals surface area contributed by atoms with E-state index in [9.17, 15) is 9.59 Å². The zero-order valence-corrected chi connectivity index (χ0v) is 12.1. The van der Waals surface area contributed by atoms with Crippen LogP contribution in [0.2, 0.25) is 0 Å². The minimum Gasteiger partial charge on any atom is -0.345 e. The Hall–Kier alpha value is -2.16. The Kier molecular flexibility index (Phi) is 5.91. The molecule has 1 rings (SSSR count). The molecule has 0 spiro atoms. The molecule has 3 heteroatoms. The minimum atomic E-state index is -0.287. The van der Waals surface area contributed by atoms with Gasteiger partial charge in [0.05, 0.1) is 6.54 Å². The maximum absolute atomic E-state index is 12.0. The van der Waals surface area contributed by atoms with Crippen LogP contribution >= 0.6 is 0 Å². The number of nitrogens with one attached hydrogen (secondary N) is 1. The van der Waals surface area contributed by atoms with Crippen molar-refractivity contribution < 1.29 is 9.59 Å². The fourth-order valence-electron chi connectivity index (χ4n) is 1.89. The number of Topliss-reactive ketones (excluding diaryl/α,β-unsaturated/α-hetero) is 1. The molecule has 1 amide bonds. The molecule has 20 heavy (non-hydrogen) atoms. The third kappa shape index (κ3) is 4.84. The lowest BCUT2D eigenvalue weighted by Gasteiger charge is -2.17. The smallest absolute Gasteiger partial charge is 0.246 e. The van der Waals surface area contributed by atoms with Gasteiger partial charge >= 0.3 is 0 Å². The highest BCUT2D eigenvalue weighted by Crippen LogP contribution is 2.26. The molecule has 0 bridgehead atoms. The zero-order valence-electron chi connectivity index (χ0n) is 12.1. The SMILES string of the molecule is C=C(C)C(=O)NCC(=O)CC(C(=C)C)c1ccccc1. The summed E-state index contributed by atoms with van der Waals surface area (Å²) in [5.41, 5.74) is 2.41. The molecule has 0 saturated heterocycles. The number of carbonyl (C=O) groups excluding carboxylic acids is 2. The van der Waals surface area contributed by atoms with E-state index in [2.05, 4.69) is 18.5 Å². The number of ketones is 1. The number of carbonyl (C=O) groups is 2. The van der Waals surface area contributed by atoms with Crippen LogP contribution in [0.5, 0.6) is 0 Å². The molecule has 1 atom stereocenters. The molecule has 3 nitrogen and oxygen atoms in total. The predicted octanol–water partition coefficient (Wildman–Crippen LogP) is 3.00. The van der Waals surface area contributed by atoms with E-state index in [1.165, 1.54) is 0 Å². The highest BCUT2D eigenvalue weighted by molar-refractivity contribution is 5.95. The van der Waals surface area contributed by atoms with Crippen LogP contribution in [0.25, 0.3) is 0 Å². The summed E-state index contributed by atoms with van der Waals surface area (Å²) in [6, 6.07) is 9.79. The van der Waals surface area contributed by atoms with Gasteiger partial charge in [0.1, 0.15) is 0 Å². The summed E-state index contributed by atoms with van der Waals surface area (Å²) in [4.78, 5) is 23.3. The molecule has 0 aliphatic carbocycles. The summed E-state index contributed by atoms with van der Waals surface area (Å²) < 4.78 is 0. The summed E-state index contributed by atoms with van der Waals surface area (Å²) in [5, 5.41) is 2.56. The summed E-state index contributed by atoms with van der Waals surface area (Å²) in [6.45, 7) is 11.0. The van der Waals surface area contributed by atoms with E-state index < -0.39 is 0 Å². The molecule has 0 saturated carbocycles. The quantitative estimate of drug-likeness (QED) is 0.612. The van der Waals surface area contributed by atoms with Gasteiger partial charge in [0.25, 0.3) is 0 Å². The molecular weight excluding hydrogens is 250 g/mol. The van der Waals surface area contributed by atoms with Gasteiger partial charge in [-0.15, -0.1) is 0 Å². The van der Waals surface area contributed by atoms with Crippen molar-refractivity contribution in [2.24, 2.45) is 0 Å². The summed E-state index contributed by atoms with van der Waals surface area (Å²) >= 11 is 0. The van der Waals surface area contributed by atoms with Crippen LogP contribution in [0.15, 0.2) is 54.6 Å². The molecule has 0 fully saturated rings. The second kappa shape index (κ2) is 7.43. The number of rotatable bonds is 7. The van der Waals surface area contributed by atoms with Crippen LogP contribution in [-0.4, -0.2) is 18.2 Å². The number of amides is 1. The molecule has 1 unspecified atom stereocenters. The Morgan fingerprint density at radius 3 is 2.25 bits per heavy atom. The zero-order chi connectivity index (χ0) is 15.1. The number of benzene rings is 1. The van der Waals surface area contributed by atoms with Crippen molar-refractivity contribution in [2.45, 2.75) is 26.2 Å². The standard InChI is InChI=1S/C17H21NO2/c1-12(2)16(14-8-6-5-7-9-14)10-15(19)11-18-17(20)13(3)4/h5-9,16H,1,3,10-11H2,2,4H3,(H,18,20). The van der Waals surface area contributed by atoms with Gasteiger partial charge in [0.2, 0.25) is 5.91 Å². The van der Waals surface area contributed by atoms with Crippen LogP contribution in [-0.2, 0) is 9.59 Å². The molecule has 1 N–H and O–H groups in total. The number of hydrogen-bond donors (Lipinski definition) is 1. The third-order valence-corrected chi connectivity index (χ3v) is 3.06. The average molecular weight is 271 g/mol. The largest absolute Gasteiger partial charge is 0.345 e. The molecule has 1 aromatic carbocycles. The Balaban J connectivity index is 2.63. The van der Waals surface area contributed by atoms with Crippen LogP contribution in [0.4, 0.5) is 0 Å². The van der Waals surface area contributed by atoms with Crippen molar-refractivity contribution in [3.63, 3.8) is 0 Å². The Bertz CT molecular complexity index is 517. The first-order chi connectivity index (χ1) is 9.41. The van der Waals surface area contributed by atoms with E-state index >= 15 is 0 Å². The van der Waals surface area contributed by atoms with Gasteiger partial charge in [0.15, 0.2) is 5.78 Å². The first-order valence-corrected chi connectivity index (χ1v) is 6.57. The van der Waals surface area contributed by atoms with Gasteiger partial charge in [-0.25, -0.2) is 0 Å². The van der Waals surface area contributed by atoms with E-state index in [1.807, 2.05) is 37.3 Å². The normalized spacial score (nSPS) is 11.5. The topological polar surface area (TPSA) is 46.2 Å². The second-order valence-corrected chi connectivity index (χ2v) is 5.02. The Morgan fingerprint density at radius 2 is 1.75 bits per heavy atom. The second-order valence-electron chi connectivity index (χ2n) is 5.02. The molecule has 1 aromatic rings. The Labute approximate surface area is 120 Å². The van der Waals surface area contributed by atoms with E-state index in [-0.39, 0.29) is 24.2 Å². The van der Waals surface area contributed by atoms with Crippen LogP contribution in [0, 0.1) is 0 Å². The van der Waals surface area contributed by atoms with E-state index in [1.54, 1.807) is 6.92 Å². The first kappa shape index (κ1) is 15.9. The molecular formula is C17H21NO2. The molecule has 0 heterocycles. The van der Waals surface area contributed by atoms with Crippen LogP contribution in [0.1, 0.15) is 31.7 Å². The highest BCUT2D eigenvalue weighted by Gasteiger charge is 2.17. The highest BCUT2D eigenvalue weighted by atomic mass is 16.2. The van der Waals surface area contributed by atoms with Gasteiger partial charge < -0.3 is 5.32 Å². The lowest BCUT2D eigenvalue weighted by molar-refractivity contribution is -0.123. The van der Waals surface area contributed by atoms with Crippen molar-refractivity contribution in [1.29, 1.82) is 0 Å². The van der Waals surface area contributed by atoms with Crippen molar-refractivity contribution in [1.82, 2.24) is 5.32 Å². The first-order valence-electron chi connectivity index (χ1n) is 6.57. The van der Waals surface area contributed by atoms with Crippen molar-refractivity contribution in [3.05, 3.63) is 60.2 Å². The molecule has 0 aliphatic rings. The summed E-state index contributed by atoms with van der Waals surface area (Å²) in [5.74, 6) is -0.313. The van der Waals surface area contributed by atoms with Gasteiger partial charge in [-0.05, 0) is 19.4 Å². The van der Waals surface area contributed by atoms with Crippen molar-refractivity contribution >= 4 is 11.7 Å². The lowest BCUT2D eigenvalue weighted by atomic mass is 9.88. The van der Waals surface area contributed by atoms with Crippen molar-refractivity contribution in [2.75, 3.05) is 6.54 Å². The lowest BCUT2D eigenvalue weighted by Crippen LogP contribution is -2.30. The number of hydrogen-bond acceptors (Lipinski definition) is 2.